The molecule has 1 heterocycles. The van der Waals surface area contributed by atoms with Gasteiger partial charge >= 0.3 is 0 Å². The molecule has 7 nitrogen and oxygen atoms in total. The number of benzene rings is 3. The number of nitrogens with zero attached hydrogens (tertiary/aromatic N) is 1. The van der Waals surface area contributed by atoms with E-state index in [1.807, 2.05) is 12.1 Å². The molecule has 4 aromatic rings. The van der Waals surface area contributed by atoms with Crippen molar-refractivity contribution >= 4 is 31.7 Å². The number of methoxy groups -OCH3 is 2. The third kappa shape index (κ3) is 5.49. The molecule has 0 aliphatic rings. The number of hydrogen-bond donors (Lipinski definition) is 1. The molecular weight excluding hydrogens is 539 g/mol. The lowest BCUT2D eigenvalue weighted by Gasteiger charge is -2.10. The van der Waals surface area contributed by atoms with Gasteiger partial charge in [-0.25, -0.2) is 12.8 Å². The smallest absolute Gasteiger partial charge is 0.233 e. The van der Waals surface area contributed by atoms with Gasteiger partial charge in [0, 0.05) is 16.6 Å². The van der Waals surface area contributed by atoms with Crippen molar-refractivity contribution in [2.24, 2.45) is 0 Å². The molecule has 0 aliphatic heterocycles. The van der Waals surface area contributed by atoms with Crippen LogP contribution in [0.3, 0.4) is 0 Å². The predicted octanol–water partition coefficient (Wildman–Crippen LogP) is 5.75. The molecule has 35 heavy (non-hydrogen) atoms. The van der Waals surface area contributed by atoms with Crippen molar-refractivity contribution in [3.8, 4) is 23.0 Å². The minimum absolute atomic E-state index is 0.00715. The lowest BCUT2D eigenvalue weighted by atomic mass is 10.1. The van der Waals surface area contributed by atoms with Crippen molar-refractivity contribution in [3.63, 3.8) is 0 Å². The van der Waals surface area contributed by atoms with Crippen LogP contribution < -0.4 is 14.8 Å². The fourth-order valence-corrected chi connectivity index (χ4v) is 4.94. The summed E-state index contributed by atoms with van der Waals surface area (Å²) in [6, 6.07) is 17.3. The number of oxazole rings is 1. The summed E-state index contributed by atoms with van der Waals surface area (Å²) >= 11 is 3.37. The zero-order valence-electron chi connectivity index (χ0n) is 18.9. The highest BCUT2D eigenvalue weighted by Crippen LogP contribution is 2.33. The molecule has 1 N–H and O–H groups in total. The summed E-state index contributed by atoms with van der Waals surface area (Å²) in [4.78, 5) is 4.21. The second-order valence-electron chi connectivity index (χ2n) is 7.48. The molecule has 0 fully saturated rings. The summed E-state index contributed by atoms with van der Waals surface area (Å²) in [6.07, 6.45) is 0.546. The van der Waals surface area contributed by atoms with Crippen LogP contribution in [-0.4, -0.2) is 34.2 Å². The Morgan fingerprint density at radius 2 is 1.66 bits per heavy atom. The Balaban J connectivity index is 1.64. The van der Waals surface area contributed by atoms with Gasteiger partial charge in [-0.05, 0) is 72.6 Å². The highest BCUT2D eigenvalue weighted by atomic mass is 79.9. The van der Waals surface area contributed by atoms with E-state index < -0.39 is 15.7 Å². The first-order valence-corrected chi connectivity index (χ1v) is 12.8. The van der Waals surface area contributed by atoms with Crippen molar-refractivity contribution in [1.82, 2.24) is 4.98 Å². The molecule has 0 atom stereocenters. The highest BCUT2D eigenvalue weighted by molar-refractivity contribution is 9.10. The van der Waals surface area contributed by atoms with E-state index in [4.69, 9.17) is 13.9 Å². The molecule has 1 aromatic heterocycles. The van der Waals surface area contributed by atoms with Gasteiger partial charge in [-0.2, -0.15) is 4.98 Å². The third-order valence-electron chi connectivity index (χ3n) is 5.21. The van der Waals surface area contributed by atoms with Gasteiger partial charge in [-0.15, -0.1) is 0 Å². The monoisotopic (exact) mass is 560 g/mol. The Morgan fingerprint density at radius 3 is 2.31 bits per heavy atom. The second-order valence-corrected chi connectivity index (χ2v) is 10.3. The van der Waals surface area contributed by atoms with Gasteiger partial charge in [-0.1, -0.05) is 22.0 Å². The van der Waals surface area contributed by atoms with Crippen LogP contribution in [0.15, 0.2) is 85.5 Å². The molecule has 4 rings (SSSR count). The molecule has 0 saturated carbocycles. The molecule has 0 unspecified atom stereocenters. The third-order valence-corrected chi connectivity index (χ3v) is 7.42. The van der Waals surface area contributed by atoms with E-state index in [1.165, 1.54) is 12.1 Å². The van der Waals surface area contributed by atoms with Gasteiger partial charge < -0.3 is 19.2 Å². The maximum absolute atomic E-state index is 13.4. The maximum atomic E-state index is 13.4. The van der Waals surface area contributed by atoms with Crippen LogP contribution in [-0.2, 0) is 16.3 Å². The number of halogens is 2. The first-order valence-electron chi connectivity index (χ1n) is 10.5. The average Bonchev–Trinajstić information content (AvgIpc) is 3.29. The lowest BCUT2D eigenvalue weighted by molar-refractivity contribution is 0.354. The first kappa shape index (κ1) is 24.7. The van der Waals surface area contributed by atoms with Gasteiger partial charge in [0.05, 0.1) is 19.1 Å². The summed E-state index contributed by atoms with van der Waals surface area (Å²) in [7, 11) is -0.952. The van der Waals surface area contributed by atoms with Crippen LogP contribution >= 0.6 is 15.9 Å². The van der Waals surface area contributed by atoms with E-state index >= 15 is 0 Å². The number of nitrogens with one attached hydrogen (secondary N) is 1. The Labute approximate surface area is 211 Å². The summed E-state index contributed by atoms with van der Waals surface area (Å²) in [6.45, 7) is 0.358. The van der Waals surface area contributed by atoms with E-state index in [9.17, 15) is 12.8 Å². The van der Waals surface area contributed by atoms with Crippen molar-refractivity contribution in [2.45, 2.75) is 16.3 Å². The SMILES string of the molecule is COc1ccc(CCNc2oc(-c3ccc(Br)cc3)nc2S(=O)(=O)c2ccc(F)cc2)cc1OC. The topological polar surface area (TPSA) is 90.7 Å². The molecule has 182 valence electrons. The Hall–Kier alpha value is -3.37. The molecule has 10 heteroatoms. The minimum atomic E-state index is -4.08. The van der Waals surface area contributed by atoms with Crippen LogP contribution in [0.4, 0.5) is 10.3 Å². The van der Waals surface area contributed by atoms with Crippen molar-refractivity contribution < 1.29 is 26.7 Å². The van der Waals surface area contributed by atoms with Crippen LogP contribution in [0.2, 0.25) is 0 Å². The predicted molar refractivity (Wildman–Crippen MR) is 133 cm³/mol. The number of ether oxygens (including phenoxy) is 2. The zero-order valence-corrected chi connectivity index (χ0v) is 21.3. The summed E-state index contributed by atoms with van der Waals surface area (Å²) in [5, 5.41) is 2.78. The highest BCUT2D eigenvalue weighted by Gasteiger charge is 2.28. The maximum Gasteiger partial charge on any atom is 0.233 e. The van der Waals surface area contributed by atoms with Gasteiger partial charge in [0.2, 0.25) is 26.6 Å². The van der Waals surface area contributed by atoms with Gasteiger partial charge in [-0.3, -0.25) is 0 Å². The Kier molecular flexibility index (Phi) is 7.42. The lowest BCUT2D eigenvalue weighted by Crippen LogP contribution is -2.10. The van der Waals surface area contributed by atoms with Crippen molar-refractivity contribution in [2.75, 3.05) is 26.1 Å². The molecular formula is C25H22BrFN2O5S. The quantitative estimate of drug-likeness (QED) is 0.261. The molecule has 0 bridgehead atoms. The molecule has 0 saturated heterocycles. The van der Waals surface area contributed by atoms with E-state index in [0.717, 1.165) is 22.2 Å². The Bertz CT molecular complexity index is 1420. The fourth-order valence-electron chi connectivity index (χ4n) is 3.40. The number of aromatic nitrogens is 1. The fraction of sp³-hybridized carbons (Fsp3) is 0.160. The van der Waals surface area contributed by atoms with Gasteiger partial charge in [0.1, 0.15) is 5.82 Å². The van der Waals surface area contributed by atoms with Crippen LogP contribution in [0.25, 0.3) is 11.5 Å². The summed E-state index contributed by atoms with van der Waals surface area (Å²) in [5.74, 6) is 0.834. The van der Waals surface area contributed by atoms with Gasteiger partial charge in [0.25, 0.3) is 0 Å². The molecule has 0 radical (unpaired) electrons. The molecule has 0 amide bonds. The van der Waals surface area contributed by atoms with E-state index in [-0.39, 0.29) is 21.7 Å². The van der Waals surface area contributed by atoms with Gasteiger partial charge in [0.15, 0.2) is 11.5 Å². The number of hydrogen-bond acceptors (Lipinski definition) is 7. The largest absolute Gasteiger partial charge is 0.493 e. The van der Waals surface area contributed by atoms with Crippen LogP contribution in [0.1, 0.15) is 5.56 Å². The number of rotatable bonds is 9. The van der Waals surface area contributed by atoms with Crippen LogP contribution in [0, 0.1) is 5.82 Å². The van der Waals surface area contributed by atoms with Crippen molar-refractivity contribution in [3.05, 3.63) is 82.6 Å². The number of sulfone groups is 1. The van der Waals surface area contributed by atoms with Crippen LogP contribution in [0.5, 0.6) is 11.5 Å². The zero-order chi connectivity index (χ0) is 25.0. The summed E-state index contributed by atoms with van der Waals surface area (Å²) in [5.41, 5.74) is 1.56. The van der Waals surface area contributed by atoms with Crippen molar-refractivity contribution in [1.29, 1.82) is 0 Å². The van der Waals surface area contributed by atoms with E-state index in [1.54, 1.807) is 44.6 Å². The molecule has 0 aliphatic carbocycles. The minimum Gasteiger partial charge on any atom is -0.493 e. The molecule has 0 spiro atoms. The molecule has 3 aromatic carbocycles. The second kappa shape index (κ2) is 10.5. The average molecular weight is 561 g/mol. The number of anilines is 1. The standard InChI is InChI=1S/C25H22BrFN2O5S/c1-32-21-12-3-16(15-22(21)33-2)13-14-28-24-25(35(30,31)20-10-8-19(27)9-11-20)29-23(34-24)17-4-6-18(26)7-5-17/h3-12,15,28H,13-14H2,1-2H3. The summed E-state index contributed by atoms with van der Waals surface area (Å²) < 4.78 is 57.4. The Morgan fingerprint density at radius 1 is 0.971 bits per heavy atom. The van der Waals surface area contributed by atoms with E-state index in [2.05, 4.69) is 26.2 Å². The van der Waals surface area contributed by atoms with E-state index in [0.29, 0.717) is 30.0 Å². The first-order chi connectivity index (χ1) is 16.8. The normalized spacial score (nSPS) is 11.3.